The van der Waals surface area contributed by atoms with Crippen molar-refractivity contribution in [3.63, 3.8) is 0 Å². The van der Waals surface area contributed by atoms with Crippen LogP contribution in [0, 0.1) is 0 Å². The molecule has 23 heavy (non-hydrogen) atoms. The molecule has 0 aromatic heterocycles. The lowest BCUT2D eigenvalue weighted by Crippen LogP contribution is -3.07. The number of quaternary nitrogens is 1. The van der Waals surface area contributed by atoms with Crippen molar-refractivity contribution >= 4 is 23.0 Å². The normalized spacial score (nSPS) is 11.8. The molecular weight excluding hydrogens is 306 g/mol. The number of methoxy groups -OCH3 is 1. The summed E-state index contributed by atoms with van der Waals surface area (Å²) in [7, 11) is 5.96. The molecule has 0 aliphatic rings. The van der Waals surface area contributed by atoms with E-state index < -0.39 is 0 Å². The minimum absolute atomic E-state index is 0.340. The van der Waals surface area contributed by atoms with Crippen molar-refractivity contribution in [1.82, 2.24) is 5.32 Å². The van der Waals surface area contributed by atoms with E-state index in [9.17, 15) is 0 Å². The quantitative estimate of drug-likeness (QED) is 0.707. The third kappa shape index (κ3) is 5.23. The van der Waals surface area contributed by atoms with E-state index in [1.807, 2.05) is 30.3 Å². The first-order chi connectivity index (χ1) is 11.1. The molecule has 0 bridgehead atoms. The average molecular weight is 330 g/mol. The van der Waals surface area contributed by atoms with Gasteiger partial charge in [-0.3, -0.25) is 0 Å². The average Bonchev–Trinajstić information content (AvgIpc) is 2.56. The number of hydrogen-bond donors (Lipinski definition) is 3. The third-order valence-corrected chi connectivity index (χ3v) is 3.96. The molecule has 0 aliphatic heterocycles. The zero-order valence-corrected chi connectivity index (χ0v) is 14.6. The molecular formula is C18H24N3OS+. The van der Waals surface area contributed by atoms with Crippen molar-refractivity contribution in [2.45, 2.75) is 6.04 Å². The number of likely N-dealkylation sites (N-methyl/N-ethyl adjacent to an activating group) is 1. The summed E-state index contributed by atoms with van der Waals surface area (Å²) in [6.07, 6.45) is 0. The Kier molecular flexibility index (Phi) is 6.38. The molecule has 0 fully saturated rings. The summed E-state index contributed by atoms with van der Waals surface area (Å²) >= 11 is 5.39. The van der Waals surface area contributed by atoms with E-state index in [1.165, 1.54) is 10.5 Å². The van der Waals surface area contributed by atoms with Crippen LogP contribution in [0.4, 0.5) is 5.69 Å². The van der Waals surface area contributed by atoms with Gasteiger partial charge in [0, 0.05) is 11.3 Å². The maximum absolute atomic E-state index is 5.39. The van der Waals surface area contributed by atoms with E-state index in [4.69, 9.17) is 17.0 Å². The zero-order valence-electron chi connectivity index (χ0n) is 13.8. The zero-order chi connectivity index (χ0) is 16.7. The fourth-order valence-corrected chi connectivity index (χ4v) is 2.59. The van der Waals surface area contributed by atoms with Crippen LogP contribution in [0.25, 0.3) is 0 Å². The summed E-state index contributed by atoms with van der Waals surface area (Å²) in [5, 5.41) is 7.12. The highest BCUT2D eigenvalue weighted by molar-refractivity contribution is 7.80. The van der Waals surface area contributed by atoms with Gasteiger partial charge >= 0.3 is 0 Å². The number of anilines is 1. The second-order valence-electron chi connectivity index (χ2n) is 5.60. The highest BCUT2D eigenvalue weighted by Crippen LogP contribution is 2.15. The molecule has 0 spiro atoms. The fraction of sp³-hybridized carbons (Fsp3) is 0.278. The van der Waals surface area contributed by atoms with Gasteiger partial charge in [0.25, 0.3) is 0 Å². The second-order valence-corrected chi connectivity index (χ2v) is 6.01. The molecule has 0 heterocycles. The Morgan fingerprint density at radius 3 is 2.30 bits per heavy atom. The first kappa shape index (κ1) is 17.2. The van der Waals surface area contributed by atoms with Gasteiger partial charge in [-0.1, -0.05) is 30.3 Å². The molecule has 2 aromatic carbocycles. The number of rotatable bonds is 6. The predicted molar refractivity (Wildman–Crippen MR) is 99.2 cm³/mol. The molecule has 0 aliphatic carbocycles. The van der Waals surface area contributed by atoms with Gasteiger partial charge in [0.15, 0.2) is 5.11 Å². The monoisotopic (exact) mass is 330 g/mol. The van der Waals surface area contributed by atoms with Crippen molar-refractivity contribution in [1.29, 1.82) is 0 Å². The Bertz CT molecular complexity index is 614. The van der Waals surface area contributed by atoms with E-state index in [0.29, 0.717) is 11.2 Å². The lowest BCUT2D eigenvalue weighted by atomic mass is 10.1. The standard InChI is InChI=1S/C18H23N3OS/c1-21(2)17(14-7-5-4-6-8-14)13-19-18(23)20-15-9-11-16(22-3)12-10-15/h4-12,17H,13H2,1-3H3,(H2,19,20,23)/p+1/t17-/m1/s1. The summed E-state index contributed by atoms with van der Waals surface area (Å²) in [5.41, 5.74) is 2.24. The van der Waals surface area contributed by atoms with Crippen LogP contribution < -0.4 is 20.3 Å². The predicted octanol–water partition coefficient (Wildman–Crippen LogP) is 1.87. The Morgan fingerprint density at radius 1 is 1.09 bits per heavy atom. The summed E-state index contributed by atoms with van der Waals surface area (Å²) in [6, 6.07) is 18.5. The van der Waals surface area contributed by atoms with Gasteiger partial charge in [-0.2, -0.15) is 0 Å². The Hall–Kier alpha value is -2.11. The molecule has 3 N–H and O–H groups in total. The van der Waals surface area contributed by atoms with Gasteiger partial charge in [-0.15, -0.1) is 0 Å². The Balaban J connectivity index is 1.91. The van der Waals surface area contributed by atoms with Gasteiger partial charge in [0.2, 0.25) is 0 Å². The van der Waals surface area contributed by atoms with Crippen molar-refractivity contribution in [3.8, 4) is 5.75 Å². The molecule has 0 saturated carbocycles. The first-order valence-corrected chi connectivity index (χ1v) is 8.05. The van der Waals surface area contributed by atoms with E-state index in [1.54, 1.807) is 7.11 Å². The minimum Gasteiger partial charge on any atom is -0.497 e. The second kappa shape index (κ2) is 8.50. The summed E-state index contributed by atoms with van der Waals surface area (Å²) in [6.45, 7) is 0.772. The fourth-order valence-electron chi connectivity index (χ4n) is 2.39. The SMILES string of the molecule is COc1ccc(NC(=S)NC[C@H](c2ccccc2)[NH+](C)C)cc1. The van der Waals surface area contributed by atoms with Crippen LogP contribution in [0.5, 0.6) is 5.75 Å². The molecule has 0 amide bonds. The number of hydrogen-bond acceptors (Lipinski definition) is 2. The van der Waals surface area contributed by atoms with Gasteiger partial charge in [-0.05, 0) is 36.5 Å². The van der Waals surface area contributed by atoms with Crippen LogP contribution in [0.15, 0.2) is 54.6 Å². The van der Waals surface area contributed by atoms with E-state index in [-0.39, 0.29) is 0 Å². The lowest BCUT2D eigenvalue weighted by Gasteiger charge is -2.23. The van der Waals surface area contributed by atoms with E-state index >= 15 is 0 Å². The Labute approximate surface area is 143 Å². The van der Waals surface area contributed by atoms with Gasteiger partial charge < -0.3 is 20.3 Å². The first-order valence-electron chi connectivity index (χ1n) is 7.64. The van der Waals surface area contributed by atoms with Crippen LogP contribution in [0.1, 0.15) is 11.6 Å². The van der Waals surface area contributed by atoms with Crippen molar-refractivity contribution < 1.29 is 9.64 Å². The highest BCUT2D eigenvalue weighted by Gasteiger charge is 2.17. The molecule has 0 unspecified atom stereocenters. The van der Waals surface area contributed by atoms with Crippen molar-refractivity contribution in [3.05, 3.63) is 60.2 Å². The van der Waals surface area contributed by atoms with Crippen LogP contribution >= 0.6 is 12.2 Å². The number of nitrogens with one attached hydrogen (secondary N) is 3. The minimum atomic E-state index is 0.340. The van der Waals surface area contributed by atoms with Crippen LogP contribution in [0.2, 0.25) is 0 Å². The molecule has 2 aromatic rings. The van der Waals surface area contributed by atoms with E-state index in [2.05, 4.69) is 49.0 Å². The van der Waals surface area contributed by atoms with Crippen molar-refractivity contribution in [2.75, 3.05) is 33.1 Å². The summed E-state index contributed by atoms with van der Waals surface area (Å²) < 4.78 is 5.15. The molecule has 122 valence electrons. The number of benzene rings is 2. The largest absolute Gasteiger partial charge is 0.497 e. The lowest BCUT2D eigenvalue weighted by molar-refractivity contribution is -0.890. The topological polar surface area (TPSA) is 37.7 Å². The third-order valence-electron chi connectivity index (χ3n) is 3.71. The number of ether oxygens (including phenoxy) is 1. The molecule has 5 heteroatoms. The molecule has 2 rings (SSSR count). The molecule has 0 saturated heterocycles. The van der Waals surface area contributed by atoms with E-state index in [0.717, 1.165) is 18.0 Å². The van der Waals surface area contributed by atoms with Crippen LogP contribution in [0.3, 0.4) is 0 Å². The van der Waals surface area contributed by atoms with Crippen LogP contribution in [-0.2, 0) is 0 Å². The molecule has 0 radical (unpaired) electrons. The van der Waals surface area contributed by atoms with Crippen LogP contribution in [-0.4, -0.2) is 32.9 Å². The van der Waals surface area contributed by atoms with Gasteiger partial charge in [0.05, 0.1) is 27.7 Å². The number of thiocarbonyl (C=S) groups is 1. The van der Waals surface area contributed by atoms with Crippen molar-refractivity contribution in [2.24, 2.45) is 0 Å². The Morgan fingerprint density at radius 2 is 1.74 bits per heavy atom. The molecule has 4 nitrogen and oxygen atoms in total. The summed E-state index contributed by atoms with van der Waals surface area (Å²) in [4.78, 5) is 1.36. The smallest absolute Gasteiger partial charge is 0.171 e. The summed E-state index contributed by atoms with van der Waals surface area (Å²) in [5.74, 6) is 0.828. The maximum atomic E-state index is 5.39. The highest BCUT2D eigenvalue weighted by atomic mass is 32.1. The van der Waals surface area contributed by atoms with Gasteiger partial charge in [-0.25, -0.2) is 0 Å². The van der Waals surface area contributed by atoms with Gasteiger partial charge in [0.1, 0.15) is 11.8 Å². The maximum Gasteiger partial charge on any atom is 0.171 e. The molecule has 1 atom stereocenters.